The molecule has 3 nitrogen and oxygen atoms in total. The van der Waals surface area contributed by atoms with Gasteiger partial charge in [0.25, 0.3) is 0 Å². The third kappa shape index (κ3) is 3.69. The van der Waals surface area contributed by atoms with Gasteiger partial charge in [-0.15, -0.1) is 0 Å². The van der Waals surface area contributed by atoms with E-state index in [0.717, 1.165) is 5.82 Å². The van der Waals surface area contributed by atoms with Gasteiger partial charge >= 0.3 is 0 Å². The van der Waals surface area contributed by atoms with Crippen LogP contribution in [0, 0.1) is 0 Å². The molecular formula is C10H17N3. The van der Waals surface area contributed by atoms with E-state index in [0.29, 0.717) is 0 Å². The third-order valence-corrected chi connectivity index (χ3v) is 1.16. The second-order valence-electron chi connectivity index (χ2n) is 2.47. The van der Waals surface area contributed by atoms with Gasteiger partial charge in [0.2, 0.25) is 0 Å². The first kappa shape index (κ1) is 11.6. The van der Waals surface area contributed by atoms with Crippen molar-refractivity contribution in [3.63, 3.8) is 0 Å². The largest absolute Gasteiger partial charge is 0.221 e. The van der Waals surface area contributed by atoms with Gasteiger partial charge < -0.3 is 0 Å². The molecule has 1 rings (SSSR count). The Hall–Kier alpha value is -1.38. The van der Waals surface area contributed by atoms with Crippen molar-refractivity contribution in [1.82, 2.24) is 14.8 Å². The minimum Gasteiger partial charge on any atom is -0.221 e. The van der Waals surface area contributed by atoms with Crippen molar-refractivity contribution in [3.8, 4) is 0 Å². The molecule has 0 fully saturated rings. The van der Waals surface area contributed by atoms with Gasteiger partial charge in [0.15, 0.2) is 5.82 Å². The minimum atomic E-state index is 0.770. The van der Waals surface area contributed by atoms with Crippen LogP contribution in [0.5, 0.6) is 0 Å². The molecule has 0 bridgehead atoms. The van der Waals surface area contributed by atoms with E-state index in [2.05, 4.69) is 16.7 Å². The van der Waals surface area contributed by atoms with Gasteiger partial charge in [-0.05, 0) is 19.9 Å². The molecular weight excluding hydrogens is 162 g/mol. The molecule has 72 valence electrons. The van der Waals surface area contributed by atoms with E-state index in [-0.39, 0.29) is 0 Å². The number of rotatable bonds is 2. The van der Waals surface area contributed by atoms with Crippen LogP contribution in [0.25, 0.3) is 12.3 Å². The Balaban J connectivity index is 0.000000671. The molecule has 0 aliphatic heterocycles. The highest BCUT2D eigenvalue weighted by atomic mass is 15.3. The lowest BCUT2D eigenvalue weighted by Crippen LogP contribution is -1.92. The smallest absolute Gasteiger partial charge is 0.154 e. The summed E-state index contributed by atoms with van der Waals surface area (Å²) in [6.07, 6.45) is 5.09. The van der Waals surface area contributed by atoms with Gasteiger partial charge in [-0.2, -0.15) is 5.10 Å². The number of hydrogen-bond donors (Lipinski definition) is 0. The van der Waals surface area contributed by atoms with E-state index in [1.165, 1.54) is 11.9 Å². The molecule has 1 aromatic heterocycles. The Morgan fingerprint density at radius 2 is 2.08 bits per heavy atom. The van der Waals surface area contributed by atoms with Crippen LogP contribution in [0.3, 0.4) is 0 Å². The fraction of sp³-hybridized carbons (Fsp3) is 0.400. The van der Waals surface area contributed by atoms with Crippen LogP contribution in [0.4, 0.5) is 0 Å². The lowest BCUT2D eigenvalue weighted by Gasteiger charge is -1.94. The Labute approximate surface area is 79.8 Å². The summed E-state index contributed by atoms with van der Waals surface area (Å²) in [6.45, 7) is 11.6. The minimum absolute atomic E-state index is 0.770. The summed E-state index contributed by atoms with van der Waals surface area (Å²) >= 11 is 0. The molecule has 0 aliphatic carbocycles. The van der Waals surface area contributed by atoms with Gasteiger partial charge in [0.05, 0.1) is 0 Å². The van der Waals surface area contributed by atoms with Crippen LogP contribution in [0.2, 0.25) is 0 Å². The van der Waals surface area contributed by atoms with E-state index >= 15 is 0 Å². The Kier molecular flexibility index (Phi) is 5.52. The standard InChI is InChI=1S/C8H11N3.C2H6/c1-4-8-9-6-10-11(8)5-7(2)3;1-2/h4-6H,1H2,2-3H3;1-2H3. The molecule has 1 aromatic rings. The van der Waals surface area contributed by atoms with E-state index in [1.54, 1.807) is 10.8 Å². The van der Waals surface area contributed by atoms with Gasteiger partial charge in [-0.1, -0.05) is 26.0 Å². The van der Waals surface area contributed by atoms with Crippen LogP contribution in [0.1, 0.15) is 33.5 Å². The second-order valence-corrected chi connectivity index (χ2v) is 2.47. The molecule has 0 atom stereocenters. The Morgan fingerprint density at radius 1 is 1.46 bits per heavy atom. The first-order valence-corrected chi connectivity index (χ1v) is 4.41. The quantitative estimate of drug-likeness (QED) is 0.699. The maximum atomic E-state index is 3.99. The van der Waals surface area contributed by atoms with Crippen LogP contribution in [-0.2, 0) is 0 Å². The Morgan fingerprint density at radius 3 is 2.54 bits per heavy atom. The first-order chi connectivity index (χ1) is 6.24. The predicted octanol–water partition coefficient (Wildman–Crippen LogP) is 2.83. The summed E-state index contributed by atoms with van der Waals surface area (Å²) < 4.78 is 1.70. The molecule has 0 spiro atoms. The molecule has 0 saturated heterocycles. The average Bonchev–Trinajstić information content (AvgIpc) is 2.54. The van der Waals surface area contributed by atoms with Crippen molar-refractivity contribution in [3.05, 3.63) is 24.3 Å². The zero-order valence-corrected chi connectivity index (χ0v) is 8.78. The molecule has 3 heteroatoms. The lowest BCUT2D eigenvalue weighted by atomic mass is 10.4. The summed E-state index contributed by atoms with van der Waals surface area (Å²) in [6, 6.07) is 0. The lowest BCUT2D eigenvalue weighted by molar-refractivity contribution is 0.915. The van der Waals surface area contributed by atoms with E-state index in [4.69, 9.17) is 0 Å². The highest BCUT2D eigenvalue weighted by molar-refractivity contribution is 5.41. The van der Waals surface area contributed by atoms with Crippen LogP contribution >= 0.6 is 0 Å². The van der Waals surface area contributed by atoms with Crippen LogP contribution < -0.4 is 0 Å². The van der Waals surface area contributed by atoms with Gasteiger partial charge in [0.1, 0.15) is 6.33 Å². The van der Waals surface area contributed by atoms with Crippen LogP contribution in [0.15, 0.2) is 18.5 Å². The molecule has 0 saturated carbocycles. The SMILES string of the molecule is C=Cc1ncnn1C=C(C)C.CC. The number of nitrogens with zero attached hydrogens (tertiary/aromatic N) is 3. The zero-order chi connectivity index (χ0) is 10.3. The average molecular weight is 179 g/mol. The molecule has 0 amide bonds. The molecule has 0 aromatic carbocycles. The molecule has 0 N–H and O–H groups in total. The first-order valence-electron chi connectivity index (χ1n) is 4.41. The fourth-order valence-corrected chi connectivity index (χ4v) is 0.749. The summed E-state index contributed by atoms with van der Waals surface area (Å²) in [5.74, 6) is 0.770. The van der Waals surface area contributed by atoms with E-state index < -0.39 is 0 Å². The van der Waals surface area contributed by atoms with Gasteiger partial charge in [0, 0.05) is 6.20 Å². The maximum absolute atomic E-state index is 3.99. The number of hydrogen-bond acceptors (Lipinski definition) is 2. The van der Waals surface area contributed by atoms with Crippen molar-refractivity contribution in [2.24, 2.45) is 0 Å². The molecule has 0 radical (unpaired) electrons. The molecule has 1 heterocycles. The second kappa shape index (κ2) is 6.17. The number of aromatic nitrogens is 3. The summed E-state index contributed by atoms with van der Waals surface area (Å²) in [7, 11) is 0. The number of allylic oxidation sites excluding steroid dienone is 1. The van der Waals surface area contributed by atoms with E-state index in [9.17, 15) is 0 Å². The molecule has 0 aliphatic rings. The van der Waals surface area contributed by atoms with Gasteiger partial charge in [-0.25, -0.2) is 9.67 Å². The van der Waals surface area contributed by atoms with Gasteiger partial charge in [-0.3, -0.25) is 0 Å². The van der Waals surface area contributed by atoms with Crippen molar-refractivity contribution < 1.29 is 0 Å². The predicted molar refractivity (Wildman–Crippen MR) is 57.1 cm³/mol. The third-order valence-electron chi connectivity index (χ3n) is 1.16. The zero-order valence-electron chi connectivity index (χ0n) is 8.78. The maximum Gasteiger partial charge on any atom is 0.154 e. The fourth-order valence-electron chi connectivity index (χ4n) is 0.749. The van der Waals surface area contributed by atoms with Crippen molar-refractivity contribution in [2.45, 2.75) is 27.7 Å². The summed E-state index contributed by atoms with van der Waals surface area (Å²) in [5, 5.41) is 3.99. The van der Waals surface area contributed by atoms with Crippen molar-refractivity contribution in [2.75, 3.05) is 0 Å². The van der Waals surface area contributed by atoms with Crippen molar-refractivity contribution in [1.29, 1.82) is 0 Å². The topological polar surface area (TPSA) is 30.7 Å². The molecule has 0 unspecified atom stereocenters. The Bertz CT molecular complexity index is 280. The summed E-state index contributed by atoms with van der Waals surface area (Å²) in [5.41, 5.74) is 1.18. The van der Waals surface area contributed by atoms with Crippen molar-refractivity contribution >= 4 is 12.3 Å². The van der Waals surface area contributed by atoms with Crippen LogP contribution in [-0.4, -0.2) is 14.8 Å². The highest BCUT2D eigenvalue weighted by Gasteiger charge is 1.94. The normalized spacial score (nSPS) is 8.31. The summed E-state index contributed by atoms with van der Waals surface area (Å²) in [4.78, 5) is 3.98. The van der Waals surface area contributed by atoms with E-state index in [1.807, 2.05) is 33.9 Å². The monoisotopic (exact) mass is 179 g/mol. The highest BCUT2D eigenvalue weighted by Crippen LogP contribution is 1.99. The molecule has 13 heavy (non-hydrogen) atoms.